The molecule has 2 aliphatic heterocycles. The predicted molar refractivity (Wildman–Crippen MR) is 103 cm³/mol. The van der Waals surface area contributed by atoms with Crippen LogP contribution in [0.1, 0.15) is 19.3 Å². The zero-order chi connectivity index (χ0) is 19.5. The second-order valence-corrected chi connectivity index (χ2v) is 7.01. The van der Waals surface area contributed by atoms with Crippen LogP contribution in [0.2, 0.25) is 0 Å². The molecule has 0 spiro atoms. The van der Waals surface area contributed by atoms with Crippen molar-refractivity contribution >= 4 is 17.6 Å². The van der Waals surface area contributed by atoms with Crippen LogP contribution in [0.4, 0.5) is 5.82 Å². The van der Waals surface area contributed by atoms with E-state index in [1.807, 2.05) is 30.3 Å². The topological polar surface area (TPSA) is 85.7 Å². The molecule has 8 heteroatoms. The molecule has 0 radical (unpaired) electrons. The lowest BCUT2D eigenvalue weighted by atomic mass is 10.1. The van der Waals surface area contributed by atoms with Crippen molar-refractivity contribution in [1.29, 1.82) is 0 Å². The number of nitrogens with one attached hydrogen (secondary N) is 1. The van der Waals surface area contributed by atoms with E-state index in [9.17, 15) is 9.59 Å². The Hall–Kier alpha value is -2.87. The number of methoxy groups -OCH3 is 1. The minimum Gasteiger partial charge on any atom is -0.497 e. The highest BCUT2D eigenvalue weighted by atomic mass is 16.5. The van der Waals surface area contributed by atoms with Crippen molar-refractivity contribution in [2.24, 2.45) is 0 Å². The summed E-state index contributed by atoms with van der Waals surface area (Å²) in [5, 5.41) is 7.48. The highest BCUT2D eigenvalue weighted by Gasteiger charge is 2.28. The van der Waals surface area contributed by atoms with Gasteiger partial charge in [-0.15, -0.1) is 0 Å². The van der Waals surface area contributed by atoms with Gasteiger partial charge in [0, 0.05) is 31.2 Å². The first-order chi connectivity index (χ1) is 13.6. The fraction of sp³-hybridized carbons (Fsp3) is 0.450. The second kappa shape index (κ2) is 8.02. The number of ether oxygens (including phenoxy) is 2. The maximum atomic E-state index is 12.4. The molecule has 0 saturated carbocycles. The van der Waals surface area contributed by atoms with Crippen LogP contribution in [0.3, 0.4) is 0 Å². The number of rotatable bonds is 6. The fourth-order valence-electron chi connectivity index (χ4n) is 3.56. The molecule has 2 aromatic rings. The Bertz CT molecular complexity index is 856. The average Bonchev–Trinajstić information content (AvgIpc) is 3.38. The standard InChI is InChI=1S/C20H24N4O4/c1-27-15-6-4-14(5-7-15)17-11-19-23(20(26)8-9-24(19)22-17)13-18(25)21-12-16-3-2-10-28-16/h4-7,11,16H,2-3,8-10,12-13H2,1H3,(H,21,25). The Morgan fingerprint density at radius 2 is 2.18 bits per heavy atom. The van der Waals surface area contributed by atoms with Crippen molar-refractivity contribution in [3.05, 3.63) is 30.3 Å². The third kappa shape index (κ3) is 3.87. The smallest absolute Gasteiger partial charge is 0.240 e. The molecule has 3 heterocycles. The van der Waals surface area contributed by atoms with E-state index in [1.54, 1.807) is 11.8 Å². The Kier molecular flexibility index (Phi) is 5.29. The normalized spacial score (nSPS) is 18.8. The summed E-state index contributed by atoms with van der Waals surface area (Å²) >= 11 is 0. The van der Waals surface area contributed by atoms with Crippen LogP contribution in [0, 0.1) is 0 Å². The number of aromatic nitrogens is 2. The highest BCUT2D eigenvalue weighted by Crippen LogP contribution is 2.29. The number of anilines is 1. The van der Waals surface area contributed by atoms with Crippen molar-refractivity contribution in [2.45, 2.75) is 31.9 Å². The number of hydrogen-bond acceptors (Lipinski definition) is 5. The summed E-state index contributed by atoms with van der Waals surface area (Å²) in [7, 11) is 1.62. The van der Waals surface area contributed by atoms with Gasteiger partial charge in [0.15, 0.2) is 0 Å². The van der Waals surface area contributed by atoms with Crippen LogP contribution in [0.25, 0.3) is 11.3 Å². The molecule has 1 fully saturated rings. The van der Waals surface area contributed by atoms with Crippen molar-refractivity contribution in [3.63, 3.8) is 0 Å². The molecule has 1 atom stereocenters. The van der Waals surface area contributed by atoms with Gasteiger partial charge >= 0.3 is 0 Å². The van der Waals surface area contributed by atoms with Crippen molar-refractivity contribution < 1.29 is 19.1 Å². The molecule has 1 unspecified atom stereocenters. The Labute approximate surface area is 163 Å². The van der Waals surface area contributed by atoms with Crippen molar-refractivity contribution in [2.75, 3.05) is 31.7 Å². The van der Waals surface area contributed by atoms with E-state index in [0.717, 1.165) is 36.5 Å². The molecule has 1 aromatic heterocycles. The fourth-order valence-corrected chi connectivity index (χ4v) is 3.56. The molecule has 2 aliphatic rings. The molecule has 8 nitrogen and oxygen atoms in total. The first kappa shape index (κ1) is 18.5. The third-order valence-corrected chi connectivity index (χ3v) is 5.11. The minimum atomic E-state index is -0.190. The molecule has 0 aliphatic carbocycles. The number of amides is 2. The van der Waals surface area contributed by atoms with Gasteiger partial charge in [0.1, 0.15) is 18.1 Å². The van der Waals surface area contributed by atoms with Gasteiger partial charge in [-0.3, -0.25) is 14.5 Å². The predicted octanol–water partition coefficient (Wildman–Crippen LogP) is 1.59. The molecule has 1 N–H and O–H groups in total. The summed E-state index contributed by atoms with van der Waals surface area (Å²) in [5.74, 6) is 1.16. The van der Waals surface area contributed by atoms with Crippen molar-refractivity contribution in [1.82, 2.24) is 15.1 Å². The molecule has 28 heavy (non-hydrogen) atoms. The Morgan fingerprint density at radius 3 is 2.89 bits per heavy atom. The maximum Gasteiger partial charge on any atom is 0.240 e. The van der Waals surface area contributed by atoms with E-state index in [2.05, 4.69) is 10.4 Å². The molecule has 2 amide bonds. The number of hydrogen-bond donors (Lipinski definition) is 1. The lowest BCUT2D eigenvalue weighted by Crippen LogP contribution is -2.45. The van der Waals surface area contributed by atoms with E-state index in [-0.39, 0.29) is 24.5 Å². The summed E-state index contributed by atoms with van der Waals surface area (Å²) in [4.78, 5) is 26.3. The van der Waals surface area contributed by atoms with Gasteiger partial charge in [-0.2, -0.15) is 5.10 Å². The maximum absolute atomic E-state index is 12.4. The van der Waals surface area contributed by atoms with Crippen molar-refractivity contribution in [3.8, 4) is 17.0 Å². The van der Waals surface area contributed by atoms with Gasteiger partial charge in [-0.25, -0.2) is 4.68 Å². The number of benzene rings is 1. The number of fused-ring (bicyclic) bond motifs is 1. The van der Waals surface area contributed by atoms with Gasteiger partial charge < -0.3 is 14.8 Å². The lowest BCUT2D eigenvalue weighted by Gasteiger charge is -2.27. The van der Waals surface area contributed by atoms with Crippen LogP contribution in [-0.4, -0.2) is 54.5 Å². The summed E-state index contributed by atoms with van der Waals surface area (Å²) in [6.45, 7) is 1.73. The summed E-state index contributed by atoms with van der Waals surface area (Å²) in [6, 6.07) is 9.44. The lowest BCUT2D eigenvalue weighted by molar-refractivity contribution is -0.124. The molecular formula is C20H24N4O4. The first-order valence-corrected chi connectivity index (χ1v) is 9.55. The quantitative estimate of drug-likeness (QED) is 0.818. The van der Waals surface area contributed by atoms with Crippen LogP contribution in [-0.2, 0) is 20.9 Å². The van der Waals surface area contributed by atoms with E-state index >= 15 is 0 Å². The van der Waals surface area contributed by atoms with Gasteiger partial charge in [0.25, 0.3) is 0 Å². The molecule has 4 rings (SSSR count). The highest BCUT2D eigenvalue weighted by molar-refractivity contribution is 5.99. The first-order valence-electron chi connectivity index (χ1n) is 9.55. The van der Waals surface area contributed by atoms with Crippen LogP contribution in [0.5, 0.6) is 5.75 Å². The molecule has 0 bridgehead atoms. The third-order valence-electron chi connectivity index (χ3n) is 5.11. The summed E-state index contributed by atoms with van der Waals surface area (Å²) in [5.41, 5.74) is 1.69. The molecule has 1 aromatic carbocycles. The second-order valence-electron chi connectivity index (χ2n) is 7.01. The Balaban J connectivity index is 1.47. The number of carbonyl (C=O) groups excluding carboxylic acids is 2. The van der Waals surface area contributed by atoms with Gasteiger partial charge in [0.05, 0.1) is 25.5 Å². The van der Waals surface area contributed by atoms with Crippen LogP contribution >= 0.6 is 0 Å². The van der Waals surface area contributed by atoms with E-state index in [1.165, 1.54) is 4.90 Å². The Morgan fingerprint density at radius 1 is 1.36 bits per heavy atom. The molecule has 1 saturated heterocycles. The summed E-state index contributed by atoms with van der Waals surface area (Å²) < 4.78 is 12.5. The number of nitrogens with zero attached hydrogens (tertiary/aromatic N) is 3. The molecular weight excluding hydrogens is 360 g/mol. The molecule has 148 valence electrons. The largest absolute Gasteiger partial charge is 0.497 e. The zero-order valence-corrected chi connectivity index (χ0v) is 15.9. The monoisotopic (exact) mass is 384 g/mol. The van der Waals surface area contributed by atoms with E-state index < -0.39 is 0 Å². The minimum absolute atomic E-state index is 0.0146. The number of carbonyl (C=O) groups is 2. The van der Waals surface area contributed by atoms with Gasteiger partial charge in [0.2, 0.25) is 11.8 Å². The van der Waals surface area contributed by atoms with Crippen LogP contribution in [0.15, 0.2) is 30.3 Å². The average molecular weight is 384 g/mol. The summed E-state index contributed by atoms with van der Waals surface area (Å²) in [6.07, 6.45) is 2.39. The SMILES string of the molecule is COc1ccc(-c2cc3n(n2)CCC(=O)N3CC(=O)NCC2CCCO2)cc1. The number of aryl methyl sites for hydroxylation is 1. The zero-order valence-electron chi connectivity index (χ0n) is 15.9. The van der Waals surface area contributed by atoms with Crippen LogP contribution < -0.4 is 15.0 Å². The van der Waals surface area contributed by atoms with Gasteiger partial charge in [-0.1, -0.05) is 0 Å². The van der Waals surface area contributed by atoms with E-state index in [4.69, 9.17) is 9.47 Å². The van der Waals surface area contributed by atoms with E-state index in [0.29, 0.717) is 25.3 Å². The van der Waals surface area contributed by atoms with Gasteiger partial charge in [-0.05, 0) is 37.1 Å².